The van der Waals surface area contributed by atoms with E-state index in [0.717, 1.165) is 18.7 Å². The summed E-state index contributed by atoms with van der Waals surface area (Å²) in [6.07, 6.45) is 5.44. The second kappa shape index (κ2) is 6.62. The van der Waals surface area contributed by atoms with Crippen molar-refractivity contribution in [2.24, 2.45) is 0 Å². The van der Waals surface area contributed by atoms with E-state index in [-0.39, 0.29) is 0 Å². The molecule has 0 aliphatic carbocycles. The summed E-state index contributed by atoms with van der Waals surface area (Å²) >= 11 is 0. The van der Waals surface area contributed by atoms with Gasteiger partial charge in [-0.15, -0.1) is 0 Å². The number of hydrogen-bond donors (Lipinski definition) is 1. The molecule has 0 saturated heterocycles. The molecule has 1 atom stereocenters. The van der Waals surface area contributed by atoms with Gasteiger partial charge in [0.15, 0.2) is 0 Å². The minimum Gasteiger partial charge on any atom is -0.496 e. The summed E-state index contributed by atoms with van der Waals surface area (Å²) in [6.45, 7) is 5.14. The lowest BCUT2D eigenvalue weighted by molar-refractivity contribution is 0.408. The molecule has 20 heavy (non-hydrogen) atoms. The minimum absolute atomic E-state index is 0.427. The van der Waals surface area contributed by atoms with Gasteiger partial charge in [-0.2, -0.15) is 0 Å². The van der Waals surface area contributed by atoms with E-state index in [0.29, 0.717) is 6.04 Å². The first kappa shape index (κ1) is 14.7. The van der Waals surface area contributed by atoms with E-state index in [1.807, 2.05) is 13.1 Å². The van der Waals surface area contributed by atoms with Crippen LogP contribution in [0, 0.1) is 6.92 Å². The van der Waals surface area contributed by atoms with Gasteiger partial charge in [0, 0.05) is 24.0 Å². The molecular formula is C17H24N2O. The monoisotopic (exact) mass is 272 g/mol. The maximum atomic E-state index is 5.44. The zero-order chi connectivity index (χ0) is 14.5. The quantitative estimate of drug-likeness (QED) is 0.870. The van der Waals surface area contributed by atoms with Crippen LogP contribution in [0.1, 0.15) is 36.1 Å². The molecule has 3 heteroatoms. The van der Waals surface area contributed by atoms with E-state index < -0.39 is 0 Å². The standard InChI is InChI=1S/C17H24N2O/c1-5-16(18-3)14-8-9-19(11-14)12-15-10-13(2)6-7-17(15)20-4/h6-11,16,18H,5,12H2,1-4H3. The lowest BCUT2D eigenvalue weighted by Gasteiger charge is -2.12. The molecule has 0 amide bonds. The molecule has 0 aliphatic heterocycles. The van der Waals surface area contributed by atoms with Crippen LogP contribution in [0.15, 0.2) is 36.7 Å². The molecule has 0 saturated carbocycles. The van der Waals surface area contributed by atoms with Crippen molar-refractivity contribution in [1.29, 1.82) is 0 Å². The number of ether oxygens (including phenoxy) is 1. The Kier molecular flexibility index (Phi) is 4.85. The van der Waals surface area contributed by atoms with Crippen LogP contribution in [-0.2, 0) is 6.54 Å². The van der Waals surface area contributed by atoms with Gasteiger partial charge in [0.05, 0.1) is 13.7 Å². The van der Waals surface area contributed by atoms with Crippen LogP contribution in [0.25, 0.3) is 0 Å². The highest BCUT2D eigenvalue weighted by atomic mass is 16.5. The number of benzene rings is 1. The third kappa shape index (κ3) is 3.23. The number of rotatable bonds is 6. The Morgan fingerprint density at radius 1 is 1.30 bits per heavy atom. The van der Waals surface area contributed by atoms with Crippen LogP contribution >= 0.6 is 0 Å². The summed E-state index contributed by atoms with van der Waals surface area (Å²) in [6, 6.07) is 8.92. The van der Waals surface area contributed by atoms with Gasteiger partial charge in [-0.3, -0.25) is 0 Å². The molecule has 1 unspecified atom stereocenters. The lowest BCUT2D eigenvalue weighted by atomic mass is 10.1. The molecule has 0 aliphatic rings. The van der Waals surface area contributed by atoms with Crippen molar-refractivity contribution in [2.45, 2.75) is 32.9 Å². The number of hydrogen-bond acceptors (Lipinski definition) is 2. The van der Waals surface area contributed by atoms with E-state index >= 15 is 0 Å². The SMILES string of the molecule is CCC(NC)c1ccn(Cc2cc(C)ccc2OC)c1. The van der Waals surface area contributed by atoms with Gasteiger partial charge in [0.2, 0.25) is 0 Å². The van der Waals surface area contributed by atoms with Gasteiger partial charge in [0.1, 0.15) is 5.75 Å². The fraction of sp³-hybridized carbons (Fsp3) is 0.412. The first-order chi connectivity index (χ1) is 9.67. The van der Waals surface area contributed by atoms with Gasteiger partial charge >= 0.3 is 0 Å². The number of methoxy groups -OCH3 is 1. The van der Waals surface area contributed by atoms with Crippen LogP contribution in [0.5, 0.6) is 5.75 Å². The van der Waals surface area contributed by atoms with Crippen LogP contribution in [-0.4, -0.2) is 18.7 Å². The van der Waals surface area contributed by atoms with Gasteiger partial charge < -0.3 is 14.6 Å². The van der Waals surface area contributed by atoms with Gasteiger partial charge in [-0.05, 0) is 38.1 Å². The minimum atomic E-state index is 0.427. The molecular weight excluding hydrogens is 248 g/mol. The van der Waals surface area contributed by atoms with Crippen molar-refractivity contribution < 1.29 is 4.74 Å². The molecule has 2 aromatic rings. The van der Waals surface area contributed by atoms with E-state index in [1.165, 1.54) is 16.7 Å². The third-order valence-electron chi connectivity index (χ3n) is 3.72. The highest BCUT2D eigenvalue weighted by molar-refractivity contribution is 5.37. The van der Waals surface area contributed by atoms with Crippen molar-refractivity contribution in [3.05, 3.63) is 53.3 Å². The maximum absolute atomic E-state index is 5.44. The second-order valence-corrected chi connectivity index (χ2v) is 5.18. The molecule has 0 bridgehead atoms. The van der Waals surface area contributed by atoms with E-state index in [1.54, 1.807) is 7.11 Å². The summed E-state index contributed by atoms with van der Waals surface area (Å²) in [5.74, 6) is 0.950. The summed E-state index contributed by atoms with van der Waals surface area (Å²) in [5.41, 5.74) is 3.81. The predicted octanol–water partition coefficient (Wildman–Crippen LogP) is 3.52. The number of aryl methyl sites for hydroxylation is 1. The normalized spacial score (nSPS) is 12.4. The van der Waals surface area contributed by atoms with Crippen LogP contribution in [0.4, 0.5) is 0 Å². The van der Waals surface area contributed by atoms with E-state index in [2.05, 4.69) is 54.3 Å². The molecule has 0 spiro atoms. The van der Waals surface area contributed by atoms with Crippen LogP contribution in [0.3, 0.4) is 0 Å². The predicted molar refractivity (Wildman–Crippen MR) is 83.4 cm³/mol. The van der Waals surface area contributed by atoms with Gasteiger partial charge in [-0.1, -0.05) is 24.6 Å². The zero-order valence-corrected chi connectivity index (χ0v) is 12.8. The van der Waals surface area contributed by atoms with Crippen molar-refractivity contribution in [3.8, 4) is 5.75 Å². The Morgan fingerprint density at radius 2 is 2.10 bits per heavy atom. The number of nitrogens with zero attached hydrogens (tertiary/aromatic N) is 1. The Labute approximate surface area is 121 Å². The highest BCUT2D eigenvalue weighted by Gasteiger charge is 2.09. The van der Waals surface area contributed by atoms with Gasteiger partial charge in [0.25, 0.3) is 0 Å². The Bertz CT molecular complexity index is 556. The number of aromatic nitrogens is 1. The molecule has 1 N–H and O–H groups in total. The van der Waals surface area contributed by atoms with Crippen molar-refractivity contribution in [2.75, 3.05) is 14.2 Å². The topological polar surface area (TPSA) is 26.2 Å². The fourth-order valence-corrected chi connectivity index (χ4v) is 2.60. The molecule has 3 nitrogen and oxygen atoms in total. The first-order valence-corrected chi connectivity index (χ1v) is 7.14. The summed E-state index contributed by atoms with van der Waals surface area (Å²) in [7, 11) is 3.73. The fourth-order valence-electron chi connectivity index (χ4n) is 2.60. The average Bonchev–Trinajstić information content (AvgIpc) is 2.89. The van der Waals surface area contributed by atoms with Crippen molar-refractivity contribution in [3.63, 3.8) is 0 Å². The number of nitrogens with one attached hydrogen (secondary N) is 1. The Morgan fingerprint density at radius 3 is 2.75 bits per heavy atom. The van der Waals surface area contributed by atoms with Crippen LogP contribution < -0.4 is 10.1 Å². The van der Waals surface area contributed by atoms with Crippen molar-refractivity contribution in [1.82, 2.24) is 9.88 Å². The largest absolute Gasteiger partial charge is 0.496 e. The van der Waals surface area contributed by atoms with Crippen molar-refractivity contribution >= 4 is 0 Å². The van der Waals surface area contributed by atoms with Crippen LogP contribution in [0.2, 0.25) is 0 Å². The molecule has 1 aromatic heterocycles. The lowest BCUT2D eigenvalue weighted by Crippen LogP contribution is -2.14. The van der Waals surface area contributed by atoms with Gasteiger partial charge in [-0.25, -0.2) is 0 Å². The second-order valence-electron chi connectivity index (χ2n) is 5.18. The smallest absolute Gasteiger partial charge is 0.123 e. The molecule has 108 valence electrons. The summed E-state index contributed by atoms with van der Waals surface area (Å²) < 4.78 is 7.66. The zero-order valence-electron chi connectivity index (χ0n) is 12.8. The third-order valence-corrected chi connectivity index (χ3v) is 3.72. The first-order valence-electron chi connectivity index (χ1n) is 7.14. The average molecular weight is 272 g/mol. The van der Waals surface area contributed by atoms with E-state index in [4.69, 9.17) is 4.74 Å². The maximum Gasteiger partial charge on any atom is 0.123 e. The highest BCUT2D eigenvalue weighted by Crippen LogP contribution is 2.22. The molecule has 0 radical (unpaired) electrons. The Balaban J connectivity index is 2.20. The van der Waals surface area contributed by atoms with E-state index in [9.17, 15) is 0 Å². The summed E-state index contributed by atoms with van der Waals surface area (Å²) in [4.78, 5) is 0. The molecule has 2 rings (SSSR count). The Hall–Kier alpha value is -1.74. The molecule has 0 fully saturated rings. The molecule has 1 heterocycles. The molecule has 1 aromatic carbocycles. The summed E-state index contributed by atoms with van der Waals surface area (Å²) in [5, 5.41) is 3.34.